The number of sulfonamides is 1. The predicted molar refractivity (Wildman–Crippen MR) is 120 cm³/mol. The minimum absolute atomic E-state index is 0.173. The van der Waals surface area contributed by atoms with Gasteiger partial charge in [-0.1, -0.05) is 25.1 Å². The summed E-state index contributed by atoms with van der Waals surface area (Å²) < 4.78 is 27.1. The zero-order valence-electron chi connectivity index (χ0n) is 18.1. The molecule has 0 saturated carbocycles. The van der Waals surface area contributed by atoms with Gasteiger partial charge in [-0.05, 0) is 68.0 Å². The molecule has 31 heavy (non-hydrogen) atoms. The zero-order valence-corrected chi connectivity index (χ0v) is 19.0. The molecule has 2 amide bonds. The topological polar surface area (TPSA) is 95.6 Å². The summed E-state index contributed by atoms with van der Waals surface area (Å²) in [6, 6.07) is 11.6. The van der Waals surface area contributed by atoms with Gasteiger partial charge in [0.1, 0.15) is 0 Å². The Labute approximate surface area is 183 Å². The van der Waals surface area contributed by atoms with Gasteiger partial charge in [0.15, 0.2) is 0 Å². The predicted octanol–water partition coefficient (Wildman–Crippen LogP) is 3.09. The summed E-state index contributed by atoms with van der Waals surface area (Å²) in [5.74, 6) is -0.235. The summed E-state index contributed by atoms with van der Waals surface area (Å²) >= 11 is 0. The number of amides is 2. The third kappa shape index (κ3) is 5.51. The third-order valence-corrected chi connectivity index (χ3v) is 7.56. The molecule has 2 aromatic rings. The maximum Gasteiger partial charge on any atom is 0.251 e. The second kappa shape index (κ2) is 9.62. The Balaban J connectivity index is 1.58. The van der Waals surface area contributed by atoms with Crippen molar-refractivity contribution in [1.29, 1.82) is 0 Å². The Morgan fingerprint density at radius 2 is 1.58 bits per heavy atom. The summed E-state index contributed by atoms with van der Waals surface area (Å²) in [5, 5.41) is 5.39. The minimum atomic E-state index is -3.56. The fourth-order valence-corrected chi connectivity index (χ4v) is 5.08. The van der Waals surface area contributed by atoms with Crippen molar-refractivity contribution in [3.05, 3.63) is 59.2 Å². The largest absolute Gasteiger partial charge is 0.343 e. The molecule has 166 valence electrons. The number of anilines is 1. The van der Waals surface area contributed by atoms with Crippen LogP contribution in [0.5, 0.6) is 0 Å². The van der Waals surface area contributed by atoms with Crippen LogP contribution >= 0.6 is 0 Å². The quantitative estimate of drug-likeness (QED) is 0.717. The molecule has 0 unspecified atom stereocenters. The van der Waals surface area contributed by atoms with Crippen molar-refractivity contribution in [3.8, 4) is 0 Å². The number of nitrogens with one attached hydrogen (secondary N) is 2. The average Bonchev–Trinajstić information content (AvgIpc) is 2.75. The summed E-state index contributed by atoms with van der Waals surface area (Å²) in [7, 11) is -3.56. The number of hydrogen-bond acceptors (Lipinski definition) is 4. The van der Waals surface area contributed by atoms with Crippen molar-refractivity contribution >= 4 is 27.5 Å². The second-order valence-corrected chi connectivity index (χ2v) is 10.0. The fraction of sp³-hybridized carbons (Fsp3) is 0.391. The van der Waals surface area contributed by atoms with Crippen molar-refractivity contribution in [2.75, 3.05) is 25.0 Å². The second-order valence-electron chi connectivity index (χ2n) is 8.11. The van der Waals surface area contributed by atoms with Crippen LogP contribution in [0.25, 0.3) is 0 Å². The van der Waals surface area contributed by atoms with Crippen LogP contribution in [0.1, 0.15) is 41.3 Å². The van der Waals surface area contributed by atoms with Crippen LogP contribution in [0.4, 0.5) is 5.69 Å². The molecule has 1 saturated heterocycles. The highest BCUT2D eigenvalue weighted by Gasteiger charge is 2.28. The first kappa shape index (κ1) is 23.0. The maximum absolute atomic E-state index is 12.8. The van der Waals surface area contributed by atoms with Gasteiger partial charge in [-0.3, -0.25) is 9.59 Å². The lowest BCUT2D eigenvalue weighted by atomic mass is 10.0. The number of para-hydroxylation sites is 1. The number of aryl methyl sites for hydroxylation is 2. The van der Waals surface area contributed by atoms with E-state index in [0.29, 0.717) is 24.6 Å². The van der Waals surface area contributed by atoms with Gasteiger partial charge in [0.05, 0.1) is 11.4 Å². The van der Waals surface area contributed by atoms with Gasteiger partial charge in [0, 0.05) is 24.3 Å². The molecule has 1 aliphatic rings. The number of nitrogens with zero attached hydrogens (tertiary/aromatic N) is 1. The van der Waals surface area contributed by atoms with Crippen LogP contribution in [-0.4, -0.2) is 44.2 Å². The van der Waals surface area contributed by atoms with E-state index < -0.39 is 15.9 Å². The van der Waals surface area contributed by atoms with Crippen LogP contribution in [0.3, 0.4) is 0 Å². The van der Waals surface area contributed by atoms with Gasteiger partial charge in [-0.15, -0.1) is 0 Å². The maximum atomic E-state index is 12.8. The van der Waals surface area contributed by atoms with E-state index >= 15 is 0 Å². The highest BCUT2D eigenvalue weighted by molar-refractivity contribution is 7.89. The van der Waals surface area contributed by atoms with Crippen molar-refractivity contribution < 1.29 is 18.0 Å². The van der Waals surface area contributed by atoms with Crippen molar-refractivity contribution in [1.82, 2.24) is 9.62 Å². The van der Waals surface area contributed by atoms with E-state index in [1.165, 1.54) is 28.6 Å². The summed E-state index contributed by atoms with van der Waals surface area (Å²) in [6.45, 7) is 6.78. The molecule has 1 fully saturated rings. The lowest BCUT2D eigenvalue weighted by Crippen LogP contribution is -2.37. The minimum Gasteiger partial charge on any atom is -0.343 e. The lowest BCUT2D eigenvalue weighted by Gasteiger charge is -2.29. The van der Waals surface area contributed by atoms with Gasteiger partial charge < -0.3 is 10.6 Å². The van der Waals surface area contributed by atoms with Crippen LogP contribution in [0.2, 0.25) is 0 Å². The molecule has 0 spiro atoms. The molecule has 3 rings (SSSR count). The summed E-state index contributed by atoms with van der Waals surface area (Å²) in [5.41, 5.74) is 2.92. The molecule has 8 heteroatoms. The number of hydrogen-bond donors (Lipinski definition) is 2. The SMILES string of the molecule is Cc1cccc(C)c1NC(=O)CNC(=O)c1ccc(S(=O)(=O)N2CCC(C)CC2)cc1. The smallest absolute Gasteiger partial charge is 0.251 e. The monoisotopic (exact) mass is 443 g/mol. The zero-order chi connectivity index (χ0) is 22.6. The molecule has 0 bridgehead atoms. The molecule has 1 heterocycles. The number of carbonyl (C=O) groups excluding carboxylic acids is 2. The van der Waals surface area contributed by atoms with Gasteiger partial charge >= 0.3 is 0 Å². The standard InChI is InChI=1S/C23H29N3O4S/c1-16-11-13-26(14-12-16)31(29,30)20-9-7-19(8-10-20)23(28)24-15-21(27)25-22-17(2)5-4-6-18(22)3/h4-10,16H,11-15H2,1-3H3,(H,24,28)(H,25,27). The molecule has 0 atom stereocenters. The third-order valence-electron chi connectivity index (χ3n) is 5.65. The van der Waals surface area contributed by atoms with Crippen molar-refractivity contribution in [3.63, 3.8) is 0 Å². The molecule has 2 aromatic carbocycles. The molecule has 0 aliphatic carbocycles. The summed E-state index contributed by atoms with van der Waals surface area (Å²) in [4.78, 5) is 24.8. The van der Waals surface area contributed by atoms with E-state index in [9.17, 15) is 18.0 Å². The number of benzene rings is 2. The van der Waals surface area contributed by atoms with Crippen molar-refractivity contribution in [2.45, 2.75) is 38.5 Å². The highest BCUT2D eigenvalue weighted by atomic mass is 32.2. The molecule has 0 aromatic heterocycles. The Morgan fingerprint density at radius 3 is 2.16 bits per heavy atom. The summed E-state index contributed by atoms with van der Waals surface area (Å²) in [6.07, 6.45) is 1.70. The molecule has 2 N–H and O–H groups in total. The Morgan fingerprint density at radius 1 is 1.00 bits per heavy atom. The highest BCUT2D eigenvalue weighted by Crippen LogP contribution is 2.23. The Kier molecular flexibility index (Phi) is 7.12. The molecular weight excluding hydrogens is 414 g/mol. The van der Waals surface area contributed by atoms with E-state index in [1.807, 2.05) is 32.0 Å². The van der Waals surface area contributed by atoms with E-state index in [-0.39, 0.29) is 17.3 Å². The fourth-order valence-electron chi connectivity index (χ4n) is 3.61. The van der Waals surface area contributed by atoms with E-state index in [0.717, 1.165) is 29.7 Å². The van der Waals surface area contributed by atoms with Crippen LogP contribution in [0.15, 0.2) is 47.4 Å². The molecule has 0 radical (unpaired) electrons. The van der Waals surface area contributed by atoms with Gasteiger partial charge in [0.25, 0.3) is 5.91 Å². The van der Waals surface area contributed by atoms with Crippen LogP contribution < -0.4 is 10.6 Å². The van der Waals surface area contributed by atoms with Crippen molar-refractivity contribution in [2.24, 2.45) is 5.92 Å². The van der Waals surface area contributed by atoms with E-state index in [1.54, 1.807) is 0 Å². The van der Waals surface area contributed by atoms with Crippen LogP contribution in [-0.2, 0) is 14.8 Å². The average molecular weight is 444 g/mol. The normalized spacial score (nSPS) is 15.5. The molecule has 7 nitrogen and oxygen atoms in total. The number of piperidine rings is 1. The van der Waals surface area contributed by atoms with Gasteiger partial charge in [-0.2, -0.15) is 4.31 Å². The van der Waals surface area contributed by atoms with Gasteiger partial charge in [0.2, 0.25) is 15.9 Å². The van der Waals surface area contributed by atoms with E-state index in [2.05, 4.69) is 17.6 Å². The van der Waals surface area contributed by atoms with E-state index in [4.69, 9.17) is 0 Å². The first-order valence-electron chi connectivity index (χ1n) is 10.4. The van der Waals surface area contributed by atoms with Gasteiger partial charge in [-0.25, -0.2) is 8.42 Å². The molecular formula is C23H29N3O4S. The number of carbonyl (C=O) groups is 2. The first-order chi connectivity index (χ1) is 14.7. The number of rotatable bonds is 6. The van der Waals surface area contributed by atoms with Crippen LogP contribution in [0, 0.1) is 19.8 Å². The Hall–Kier alpha value is -2.71. The molecule has 1 aliphatic heterocycles. The lowest BCUT2D eigenvalue weighted by molar-refractivity contribution is -0.115. The Bertz CT molecular complexity index is 1040. The first-order valence-corrected chi connectivity index (χ1v) is 11.9.